The zero-order valence-electron chi connectivity index (χ0n) is 18.5. The molecule has 0 aliphatic carbocycles. The van der Waals surface area contributed by atoms with Crippen LogP contribution in [0.5, 0.6) is 5.75 Å². The van der Waals surface area contributed by atoms with Crippen molar-refractivity contribution >= 4 is 11.7 Å². The van der Waals surface area contributed by atoms with E-state index in [-0.39, 0.29) is 19.1 Å². The molecular formula is C24H26N2O6. The minimum Gasteiger partial charge on any atom is -0.468 e. The van der Waals surface area contributed by atoms with Gasteiger partial charge in [-0.15, -0.1) is 0 Å². The zero-order valence-corrected chi connectivity index (χ0v) is 18.5. The number of benzene rings is 2. The van der Waals surface area contributed by atoms with Crippen molar-refractivity contribution in [1.82, 2.24) is 4.57 Å². The molecule has 0 aliphatic heterocycles. The molecule has 8 nitrogen and oxygen atoms in total. The van der Waals surface area contributed by atoms with Gasteiger partial charge in [0.25, 0.3) is 0 Å². The van der Waals surface area contributed by atoms with E-state index < -0.39 is 11.4 Å². The molecular weight excluding hydrogens is 412 g/mol. The lowest BCUT2D eigenvalue weighted by molar-refractivity contribution is -0.0126. The highest BCUT2D eigenvalue weighted by Crippen LogP contribution is 2.26. The summed E-state index contributed by atoms with van der Waals surface area (Å²) >= 11 is 0. The van der Waals surface area contributed by atoms with Crippen LogP contribution in [0.15, 0.2) is 65.6 Å². The van der Waals surface area contributed by atoms with E-state index in [1.54, 1.807) is 23.8 Å². The monoisotopic (exact) mass is 438 g/mol. The molecule has 0 saturated heterocycles. The van der Waals surface area contributed by atoms with Crippen molar-refractivity contribution in [3.63, 3.8) is 0 Å². The van der Waals surface area contributed by atoms with Crippen LogP contribution >= 0.6 is 0 Å². The largest absolute Gasteiger partial charge is 0.468 e. The van der Waals surface area contributed by atoms with Crippen molar-refractivity contribution in [2.75, 3.05) is 46.8 Å². The lowest BCUT2D eigenvalue weighted by atomic mass is 10.1. The van der Waals surface area contributed by atoms with Gasteiger partial charge in [0.2, 0.25) is 0 Å². The summed E-state index contributed by atoms with van der Waals surface area (Å²) in [6, 6.07) is 16.5. The van der Waals surface area contributed by atoms with Crippen molar-refractivity contribution in [3.8, 4) is 22.7 Å². The Labute approximate surface area is 186 Å². The van der Waals surface area contributed by atoms with Gasteiger partial charge in [-0.1, -0.05) is 12.1 Å². The van der Waals surface area contributed by atoms with E-state index in [9.17, 15) is 9.59 Å². The Morgan fingerprint density at radius 3 is 2.19 bits per heavy atom. The van der Waals surface area contributed by atoms with E-state index in [0.717, 1.165) is 16.9 Å². The van der Waals surface area contributed by atoms with Crippen molar-refractivity contribution in [2.24, 2.45) is 0 Å². The number of rotatable bonds is 9. The smallest absolute Gasteiger partial charge is 0.345 e. The van der Waals surface area contributed by atoms with Crippen LogP contribution in [0.2, 0.25) is 0 Å². The van der Waals surface area contributed by atoms with Crippen LogP contribution in [0.4, 0.5) is 5.69 Å². The summed E-state index contributed by atoms with van der Waals surface area (Å²) in [5.41, 5.74) is 2.70. The van der Waals surface area contributed by atoms with Gasteiger partial charge in [-0.25, -0.2) is 4.79 Å². The number of anilines is 1. The topological polar surface area (TPSA) is 79.2 Å². The number of carbonyl (C=O) groups is 1. The second-order valence-electron chi connectivity index (χ2n) is 7.13. The third-order valence-corrected chi connectivity index (χ3v) is 4.72. The first-order valence-corrected chi connectivity index (χ1v) is 9.87. The number of pyridine rings is 1. The maximum absolute atomic E-state index is 12.8. The van der Waals surface area contributed by atoms with E-state index in [4.69, 9.17) is 18.9 Å². The Balaban J connectivity index is 2.10. The number of carbonyl (C=O) groups excluding carboxylic acids is 1. The SMILES string of the molecule is COCOC(=O)c1cn(-c2ccc(OCOC)cc2)c(-c2ccc(N(C)C)cc2)cc1=O. The summed E-state index contributed by atoms with van der Waals surface area (Å²) in [6.45, 7) is -0.103. The standard InChI is InChI=1S/C24H26N2O6/c1-25(2)18-7-5-17(6-8-18)22-13-23(27)21(24(28)32-16-30-4)14-26(22)19-9-11-20(12-10-19)31-15-29-3/h5-14H,15-16H2,1-4H3. The van der Waals surface area contributed by atoms with Gasteiger partial charge < -0.3 is 28.4 Å². The van der Waals surface area contributed by atoms with Crippen LogP contribution in [-0.4, -0.2) is 52.4 Å². The summed E-state index contributed by atoms with van der Waals surface area (Å²) in [4.78, 5) is 27.1. The molecule has 168 valence electrons. The molecule has 2 aromatic carbocycles. The predicted octanol–water partition coefficient (Wildman–Crippen LogP) is 3.31. The first-order valence-electron chi connectivity index (χ1n) is 9.87. The van der Waals surface area contributed by atoms with E-state index in [2.05, 4.69) is 0 Å². The Morgan fingerprint density at radius 1 is 0.938 bits per heavy atom. The van der Waals surface area contributed by atoms with Crippen LogP contribution in [0, 0.1) is 0 Å². The Morgan fingerprint density at radius 2 is 1.59 bits per heavy atom. The molecule has 8 heteroatoms. The van der Waals surface area contributed by atoms with Crippen LogP contribution in [0.3, 0.4) is 0 Å². The van der Waals surface area contributed by atoms with Crippen LogP contribution in [0.25, 0.3) is 16.9 Å². The van der Waals surface area contributed by atoms with Gasteiger partial charge in [-0.2, -0.15) is 0 Å². The number of esters is 1. The van der Waals surface area contributed by atoms with Gasteiger partial charge in [0.15, 0.2) is 19.0 Å². The first-order chi connectivity index (χ1) is 15.4. The fourth-order valence-electron chi connectivity index (χ4n) is 3.07. The van der Waals surface area contributed by atoms with Crippen molar-refractivity contribution < 1.29 is 23.7 Å². The Bertz CT molecular complexity index is 1100. The Kier molecular flexibility index (Phi) is 7.64. The molecule has 0 fully saturated rings. The number of ether oxygens (including phenoxy) is 4. The van der Waals surface area contributed by atoms with Gasteiger partial charge in [-0.05, 0) is 42.0 Å². The van der Waals surface area contributed by atoms with Gasteiger partial charge in [0, 0.05) is 52.0 Å². The molecule has 0 N–H and O–H groups in total. The zero-order chi connectivity index (χ0) is 23.1. The minimum atomic E-state index is -0.750. The van der Waals surface area contributed by atoms with Gasteiger partial charge in [-0.3, -0.25) is 4.79 Å². The molecule has 0 atom stereocenters. The molecule has 32 heavy (non-hydrogen) atoms. The average Bonchev–Trinajstić information content (AvgIpc) is 2.81. The number of methoxy groups -OCH3 is 2. The van der Waals surface area contributed by atoms with Crippen LogP contribution < -0.4 is 15.1 Å². The maximum Gasteiger partial charge on any atom is 0.345 e. The lowest BCUT2D eigenvalue weighted by Gasteiger charge is -2.17. The van der Waals surface area contributed by atoms with Gasteiger partial charge >= 0.3 is 5.97 Å². The van der Waals surface area contributed by atoms with Crippen LogP contribution in [0.1, 0.15) is 10.4 Å². The third-order valence-electron chi connectivity index (χ3n) is 4.72. The fourth-order valence-corrected chi connectivity index (χ4v) is 3.07. The summed E-state index contributed by atoms with van der Waals surface area (Å²) in [5, 5.41) is 0. The summed E-state index contributed by atoms with van der Waals surface area (Å²) in [5.74, 6) is -0.117. The highest BCUT2D eigenvalue weighted by Gasteiger charge is 2.17. The van der Waals surface area contributed by atoms with Crippen molar-refractivity contribution in [3.05, 3.63) is 76.6 Å². The van der Waals surface area contributed by atoms with E-state index in [1.807, 2.05) is 55.4 Å². The normalized spacial score (nSPS) is 10.6. The van der Waals surface area contributed by atoms with E-state index in [0.29, 0.717) is 11.4 Å². The molecule has 0 unspecified atom stereocenters. The quantitative estimate of drug-likeness (QED) is 0.375. The molecule has 0 aliphatic rings. The summed E-state index contributed by atoms with van der Waals surface area (Å²) < 4.78 is 21.9. The highest BCUT2D eigenvalue weighted by atomic mass is 16.7. The third kappa shape index (κ3) is 5.35. The van der Waals surface area contributed by atoms with E-state index >= 15 is 0 Å². The van der Waals surface area contributed by atoms with E-state index in [1.165, 1.54) is 19.4 Å². The fraction of sp³-hybridized carbons (Fsp3) is 0.250. The molecule has 1 aromatic heterocycles. The van der Waals surface area contributed by atoms with Gasteiger partial charge in [0.1, 0.15) is 11.3 Å². The second kappa shape index (κ2) is 10.6. The molecule has 0 saturated carbocycles. The van der Waals surface area contributed by atoms with Gasteiger partial charge in [0.05, 0.1) is 5.69 Å². The molecule has 0 spiro atoms. The molecule has 0 radical (unpaired) electrons. The van der Waals surface area contributed by atoms with Crippen molar-refractivity contribution in [1.29, 1.82) is 0 Å². The highest BCUT2D eigenvalue weighted by molar-refractivity contribution is 5.89. The first kappa shape index (κ1) is 23.1. The molecule has 0 amide bonds. The number of aromatic nitrogens is 1. The molecule has 3 aromatic rings. The minimum absolute atomic E-state index is 0.0876. The van der Waals surface area contributed by atoms with Crippen molar-refractivity contribution in [2.45, 2.75) is 0 Å². The number of nitrogens with zero attached hydrogens (tertiary/aromatic N) is 2. The lowest BCUT2D eigenvalue weighted by Crippen LogP contribution is -2.21. The second-order valence-corrected chi connectivity index (χ2v) is 7.13. The maximum atomic E-state index is 12.8. The Hall–Kier alpha value is -3.62. The molecule has 3 rings (SSSR count). The average molecular weight is 438 g/mol. The molecule has 1 heterocycles. The summed E-state index contributed by atoms with van der Waals surface area (Å²) in [6.07, 6.45) is 1.49. The number of hydrogen-bond donors (Lipinski definition) is 0. The predicted molar refractivity (Wildman–Crippen MR) is 122 cm³/mol. The van der Waals surface area contributed by atoms with Crippen LogP contribution in [-0.2, 0) is 14.2 Å². The number of hydrogen-bond acceptors (Lipinski definition) is 7. The molecule has 0 bridgehead atoms. The summed E-state index contributed by atoms with van der Waals surface area (Å²) in [7, 11) is 6.86.